The SMILES string of the molecule is Cc1ccc(S(=O)(=O)N2CCC(Nc3ccc(OC(F)(F)F)cn3)CC2)cc1. The normalized spacial score (nSPS) is 16.7. The van der Waals surface area contributed by atoms with Crippen molar-refractivity contribution in [2.24, 2.45) is 0 Å². The Bertz CT molecular complexity index is 892. The van der Waals surface area contributed by atoms with Gasteiger partial charge in [-0.25, -0.2) is 13.4 Å². The van der Waals surface area contributed by atoms with E-state index in [1.165, 1.54) is 16.4 Å². The lowest BCUT2D eigenvalue weighted by Crippen LogP contribution is -2.42. The highest BCUT2D eigenvalue weighted by Crippen LogP contribution is 2.25. The monoisotopic (exact) mass is 415 g/mol. The zero-order valence-electron chi connectivity index (χ0n) is 15.1. The van der Waals surface area contributed by atoms with Crippen LogP contribution in [0.15, 0.2) is 47.5 Å². The van der Waals surface area contributed by atoms with Crippen LogP contribution >= 0.6 is 0 Å². The van der Waals surface area contributed by atoms with E-state index in [1.807, 2.05) is 6.92 Å². The number of ether oxygens (including phenoxy) is 1. The van der Waals surface area contributed by atoms with Crippen LogP contribution in [0.5, 0.6) is 5.75 Å². The van der Waals surface area contributed by atoms with Crippen molar-refractivity contribution in [1.29, 1.82) is 0 Å². The molecule has 1 aromatic carbocycles. The summed E-state index contributed by atoms with van der Waals surface area (Å²) in [7, 11) is -3.53. The van der Waals surface area contributed by atoms with Gasteiger partial charge in [-0.1, -0.05) is 17.7 Å². The van der Waals surface area contributed by atoms with Crippen molar-refractivity contribution in [3.8, 4) is 5.75 Å². The average molecular weight is 415 g/mol. The van der Waals surface area contributed by atoms with E-state index in [9.17, 15) is 21.6 Å². The molecule has 0 spiro atoms. The minimum atomic E-state index is -4.76. The van der Waals surface area contributed by atoms with Crippen molar-refractivity contribution < 1.29 is 26.3 Å². The van der Waals surface area contributed by atoms with Gasteiger partial charge in [-0.05, 0) is 44.0 Å². The number of sulfonamides is 1. The number of aryl methyl sites for hydroxylation is 1. The molecule has 1 aromatic heterocycles. The topological polar surface area (TPSA) is 71.5 Å². The number of nitrogens with zero attached hydrogens (tertiary/aromatic N) is 2. The van der Waals surface area contributed by atoms with Crippen LogP contribution in [0.2, 0.25) is 0 Å². The zero-order valence-corrected chi connectivity index (χ0v) is 15.9. The summed E-state index contributed by atoms with van der Waals surface area (Å²) in [5, 5.41) is 3.12. The first-order valence-corrected chi connectivity index (χ1v) is 10.1. The van der Waals surface area contributed by atoms with Crippen LogP contribution in [0, 0.1) is 6.92 Å². The van der Waals surface area contributed by atoms with Crippen LogP contribution in [0.3, 0.4) is 0 Å². The minimum Gasteiger partial charge on any atom is -0.404 e. The third kappa shape index (κ3) is 5.14. The van der Waals surface area contributed by atoms with Crippen LogP contribution < -0.4 is 10.1 Å². The van der Waals surface area contributed by atoms with E-state index in [0.29, 0.717) is 31.7 Å². The molecule has 152 valence electrons. The molecule has 0 aliphatic carbocycles. The molecule has 1 saturated heterocycles. The number of pyridine rings is 1. The molecule has 28 heavy (non-hydrogen) atoms. The predicted octanol–water partition coefficient (Wildman–Crippen LogP) is 3.55. The largest absolute Gasteiger partial charge is 0.573 e. The molecule has 0 saturated carbocycles. The molecule has 2 heterocycles. The number of rotatable bonds is 5. The summed E-state index contributed by atoms with van der Waals surface area (Å²) in [6.07, 6.45) is -2.64. The van der Waals surface area contributed by atoms with Crippen molar-refractivity contribution in [2.45, 2.75) is 37.1 Å². The van der Waals surface area contributed by atoms with E-state index >= 15 is 0 Å². The highest BCUT2D eigenvalue weighted by molar-refractivity contribution is 7.89. The second kappa shape index (κ2) is 7.96. The van der Waals surface area contributed by atoms with Crippen molar-refractivity contribution in [3.05, 3.63) is 48.2 Å². The maximum Gasteiger partial charge on any atom is 0.573 e. The maximum absolute atomic E-state index is 12.7. The number of hydrogen-bond acceptors (Lipinski definition) is 5. The van der Waals surface area contributed by atoms with E-state index in [1.54, 1.807) is 24.3 Å². The van der Waals surface area contributed by atoms with Gasteiger partial charge >= 0.3 is 6.36 Å². The quantitative estimate of drug-likeness (QED) is 0.809. The molecule has 1 aliphatic rings. The van der Waals surface area contributed by atoms with Gasteiger partial charge in [-0.15, -0.1) is 13.2 Å². The summed E-state index contributed by atoms with van der Waals surface area (Å²) in [5.74, 6) is 0.0198. The Kier molecular flexibility index (Phi) is 5.80. The number of hydrogen-bond donors (Lipinski definition) is 1. The minimum absolute atomic E-state index is 0.0219. The smallest absolute Gasteiger partial charge is 0.404 e. The number of alkyl halides is 3. The van der Waals surface area contributed by atoms with Gasteiger partial charge in [0.2, 0.25) is 10.0 Å². The summed E-state index contributed by atoms with van der Waals surface area (Å²) < 4.78 is 67.1. The highest BCUT2D eigenvalue weighted by atomic mass is 32.2. The number of halogens is 3. The van der Waals surface area contributed by atoms with Crippen molar-refractivity contribution in [1.82, 2.24) is 9.29 Å². The van der Waals surface area contributed by atoms with E-state index < -0.39 is 22.1 Å². The van der Waals surface area contributed by atoms with Gasteiger partial charge in [0.1, 0.15) is 11.6 Å². The molecule has 0 unspecified atom stereocenters. The van der Waals surface area contributed by atoms with Gasteiger partial charge in [0.15, 0.2) is 0 Å². The molecule has 10 heteroatoms. The molecule has 2 aromatic rings. The summed E-state index contributed by atoms with van der Waals surface area (Å²) in [6.45, 7) is 2.59. The number of anilines is 1. The Morgan fingerprint density at radius 3 is 2.29 bits per heavy atom. The molecule has 6 nitrogen and oxygen atoms in total. The third-order valence-electron chi connectivity index (χ3n) is 4.43. The van der Waals surface area contributed by atoms with Crippen molar-refractivity contribution >= 4 is 15.8 Å². The number of aromatic nitrogens is 1. The lowest BCUT2D eigenvalue weighted by Gasteiger charge is -2.31. The fourth-order valence-corrected chi connectivity index (χ4v) is 4.44. The highest BCUT2D eigenvalue weighted by Gasteiger charge is 2.31. The van der Waals surface area contributed by atoms with Crippen LogP contribution in [-0.2, 0) is 10.0 Å². The van der Waals surface area contributed by atoms with Gasteiger partial charge in [-0.3, -0.25) is 0 Å². The maximum atomic E-state index is 12.7. The Morgan fingerprint density at radius 1 is 1.11 bits per heavy atom. The lowest BCUT2D eigenvalue weighted by molar-refractivity contribution is -0.274. The third-order valence-corrected chi connectivity index (χ3v) is 6.35. The Balaban J connectivity index is 1.56. The van der Waals surface area contributed by atoms with Gasteiger partial charge in [0, 0.05) is 19.1 Å². The second-order valence-corrected chi connectivity index (χ2v) is 8.50. The van der Waals surface area contributed by atoms with E-state index in [-0.39, 0.29) is 10.9 Å². The fraction of sp³-hybridized carbons (Fsp3) is 0.389. The molecular weight excluding hydrogens is 395 g/mol. The molecule has 1 fully saturated rings. The first kappa shape index (κ1) is 20.4. The van der Waals surface area contributed by atoms with Crippen molar-refractivity contribution in [3.63, 3.8) is 0 Å². The van der Waals surface area contributed by atoms with Crippen LogP contribution in [0.1, 0.15) is 18.4 Å². The summed E-state index contributed by atoms with van der Waals surface area (Å²) >= 11 is 0. The van der Waals surface area contributed by atoms with E-state index in [4.69, 9.17) is 0 Å². The molecule has 3 rings (SSSR count). The van der Waals surface area contributed by atoms with Crippen LogP contribution in [-0.4, -0.2) is 43.2 Å². The number of nitrogens with one attached hydrogen (secondary N) is 1. The molecule has 0 atom stereocenters. The van der Waals surface area contributed by atoms with Crippen LogP contribution in [0.4, 0.5) is 19.0 Å². The molecule has 1 N–H and O–H groups in total. The Hall–Kier alpha value is -2.33. The molecule has 1 aliphatic heterocycles. The summed E-state index contributed by atoms with van der Waals surface area (Å²) in [5.41, 5.74) is 0.987. The Morgan fingerprint density at radius 2 is 1.75 bits per heavy atom. The molecule has 0 radical (unpaired) electrons. The molecular formula is C18H20F3N3O3S. The van der Waals surface area contributed by atoms with Crippen molar-refractivity contribution in [2.75, 3.05) is 18.4 Å². The Labute approximate surface area is 161 Å². The first-order valence-electron chi connectivity index (χ1n) is 8.69. The van der Waals surface area contributed by atoms with E-state index in [0.717, 1.165) is 11.8 Å². The number of piperidine rings is 1. The van der Waals surface area contributed by atoms with Gasteiger partial charge < -0.3 is 10.1 Å². The number of benzene rings is 1. The summed E-state index contributed by atoms with van der Waals surface area (Å²) in [4.78, 5) is 4.18. The fourth-order valence-electron chi connectivity index (χ4n) is 2.97. The molecule has 0 bridgehead atoms. The second-order valence-electron chi connectivity index (χ2n) is 6.56. The van der Waals surface area contributed by atoms with E-state index in [2.05, 4.69) is 15.0 Å². The standard InChI is InChI=1S/C18H20F3N3O3S/c1-13-2-5-16(6-3-13)28(25,26)24-10-8-14(9-11-24)23-17-7-4-15(12-22-17)27-18(19,20)21/h2-7,12,14H,8-11H2,1H3,(H,22,23). The van der Waals surface area contributed by atoms with Gasteiger partial charge in [-0.2, -0.15) is 4.31 Å². The van der Waals surface area contributed by atoms with Crippen LogP contribution in [0.25, 0.3) is 0 Å². The summed E-state index contributed by atoms with van der Waals surface area (Å²) in [6, 6.07) is 9.28. The molecule has 0 amide bonds. The zero-order chi connectivity index (χ0) is 20.4. The van der Waals surface area contributed by atoms with Gasteiger partial charge in [0.25, 0.3) is 0 Å². The lowest BCUT2D eigenvalue weighted by atomic mass is 10.1. The predicted molar refractivity (Wildman–Crippen MR) is 97.5 cm³/mol. The van der Waals surface area contributed by atoms with Gasteiger partial charge in [0.05, 0.1) is 11.1 Å². The average Bonchev–Trinajstić information content (AvgIpc) is 2.63. The first-order chi connectivity index (χ1) is 13.1.